The zero-order chi connectivity index (χ0) is 12.4. The van der Waals surface area contributed by atoms with Crippen molar-refractivity contribution in [3.63, 3.8) is 0 Å². The van der Waals surface area contributed by atoms with Crippen molar-refractivity contribution in [1.29, 1.82) is 0 Å². The van der Waals surface area contributed by atoms with Crippen LogP contribution < -0.4 is 4.90 Å². The predicted molar refractivity (Wildman–Crippen MR) is 75.4 cm³/mol. The molecule has 1 N–H and O–H groups in total. The Balaban J connectivity index is 2.14. The van der Waals surface area contributed by atoms with Gasteiger partial charge in [-0.1, -0.05) is 28.9 Å². The number of nitrogens with zero attached hydrogens (tertiary/aromatic N) is 1. The van der Waals surface area contributed by atoms with Crippen LogP contribution in [-0.2, 0) is 0 Å². The predicted octanol–water partition coefficient (Wildman–Crippen LogP) is 3.74. The summed E-state index contributed by atoms with van der Waals surface area (Å²) in [4.78, 5) is 2.43. The lowest BCUT2D eigenvalue weighted by Gasteiger charge is -2.32. The standard InChI is InChI=1S/C14H20BrNO/c1-10-5-7-16(8-6-10)12-3-4-13(11(2)17)14(15)9-12/h3-4,9-11,17H,5-8H2,1-2H3/t11-/m1/s1. The molecule has 3 heteroatoms. The van der Waals surface area contributed by atoms with Gasteiger partial charge in [-0.3, -0.25) is 0 Å². The quantitative estimate of drug-likeness (QED) is 0.899. The van der Waals surface area contributed by atoms with Crippen molar-refractivity contribution in [2.24, 2.45) is 5.92 Å². The van der Waals surface area contributed by atoms with Crippen molar-refractivity contribution in [1.82, 2.24) is 0 Å². The van der Waals surface area contributed by atoms with E-state index in [1.54, 1.807) is 6.92 Å². The molecule has 0 bridgehead atoms. The molecule has 1 fully saturated rings. The number of rotatable bonds is 2. The Kier molecular flexibility index (Phi) is 4.10. The van der Waals surface area contributed by atoms with E-state index in [0.717, 1.165) is 29.0 Å². The molecule has 1 heterocycles. The third-order valence-corrected chi connectivity index (χ3v) is 4.27. The lowest BCUT2D eigenvalue weighted by molar-refractivity contribution is 0.198. The summed E-state index contributed by atoms with van der Waals surface area (Å²) in [5.74, 6) is 0.853. The first-order valence-corrected chi connectivity index (χ1v) is 7.09. The van der Waals surface area contributed by atoms with Crippen LogP contribution in [0.5, 0.6) is 0 Å². The van der Waals surface area contributed by atoms with Crippen LogP contribution in [0.15, 0.2) is 22.7 Å². The maximum absolute atomic E-state index is 9.60. The van der Waals surface area contributed by atoms with Gasteiger partial charge < -0.3 is 10.0 Å². The Morgan fingerprint density at radius 1 is 1.35 bits per heavy atom. The Morgan fingerprint density at radius 3 is 2.53 bits per heavy atom. The molecule has 0 aromatic heterocycles. The molecular formula is C14H20BrNO. The maximum atomic E-state index is 9.60. The third kappa shape index (κ3) is 3.02. The molecule has 1 aromatic carbocycles. The smallest absolute Gasteiger partial charge is 0.0772 e. The van der Waals surface area contributed by atoms with Gasteiger partial charge in [0.2, 0.25) is 0 Å². The monoisotopic (exact) mass is 297 g/mol. The second-order valence-electron chi connectivity index (χ2n) is 5.05. The zero-order valence-corrected chi connectivity index (χ0v) is 12.1. The summed E-state index contributed by atoms with van der Waals surface area (Å²) in [5, 5.41) is 9.60. The number of benzene rings is 1. The first kappa shape index (κ1) is 12.9. The van der Waals surface area contributed by atoms with E-state index < -0.39 is 6.10 Å². The van der Waals surface area contributed by atoms with Crippen molar-refractivity contribution in [2.75, 3.05) is 18.0 Å². The molecule has 0 saturated carbocycles. The lowest BCUT2D eigenvalue weighted by Crippen LogP contribution is -2.32. The Morgan fingerprint density at radius 2 is 2.00 bits per heavy atom. The molecule has 1 saturated heterocycles. The molecule has 17 heavy (non-hydrogen) atoms. The molecule has 2 nitrogen and oxygen atoms in total. The van der Waals surface area contributed by atoms with Crippen LogP contribution in [0.3, 0.4) is 0 Å². The van der Waals surface area contributed by atoms with Gasteiger partial charge in [-0.15, -0.1) is 0 Å². The summed E-state index contributed by atoms with van der Waals surface area (Å²) in [7, 11) is 0. The lowest BCUT2D eigenvalue weighted by atomic mass is 9.98. The third-order valence-electron chi connectivity index (χ3n) is 3.58. The number of aliphatic hydroxyl groups excluding tert-OH is 1. The van der Waals surface area contributed by atoms with Gasteiger partial charge in [0.05, 0.1) is 6.10 Å². The van der Waals surface area contributed by atoms with E-state index in [0.29, 0.717) is 0 Å². The Hall–Kier alpha value is -0.540. The first-order valence-electron chi connectivity index (χ1n) is 6.30. The van der Waals surface area contributed by atoms with Gasteiger partial charge >= 0.3 is 0 Å². The fourth-order valence-electron chi connectivity index (χ4n) is 2.32. The summed E-state index contributed by atoms with van der Waals surface area (Å²) < 4.78 is 1.00. The van der Waals surface area contributed by atoms with Gasteiger partial charge in [0.25, 0.3) is 0 Å². The summed E-state index contributed by atoms with van der Waals surface area (Å²) in [6.45, 7) is 6.40. The largest absolute Gasteiger partial charge is 0.389 e. The minimum Gasteiger partial charge on any atom is -0.389 e. The van der Waals surface area contributed by atoms with Crippen LogP contribution in [0, 0.1) is 5.92 Å². The van der Waals surface area contributed by atoms with Crippen molar-refractivity contribution in [2.45, 2.75) is 32.8 Å². The van der Waals surface area contributed by atoms with E-state index in [1.165, 1.54) is 18.5 Å². The number of anilines is 1. The summed E-state index contributed by atoms with van der Waals surface area (Å²) in [5.41, 5.74) is 2.22. The first-order chi connectivity index (χ1) is 8.08. The second-order valence-corrected chi connectivity index (χ2v) is 5.91. The van der Waals surface area contributed by atoms with Gasteiger partial charge in [0.15, 0.2) is 0 Å². The summed E-state index contributed by atoms with van der Waals surface area (Å²) >= 11 is 3.54. The topological polar surface area (TPSA) is 23.5 Å². The number of halogens is 1. The average molecular weight is 298 g/mol. The maximum Gasteiger partial charge on any atom is 0.0772 e. The molecule has 1 aliphatic rings. The molecule has 1 aliphatic heterocycles. The van der Waals surface area contributed by atoms with Gasteiger partial charge in [-0.25, -0.2) is 0 Å². The molecular weight excluding hydrogens is 278 g/mol. The SMILES string of the molecule is CC1CCN(c2ccc([C@@H](C)O)c(Br)c2)CC1. The molecule has 2 rings (SSSR count). The number of aliphatic hydroxyl groups is 1. The van der Waals surface area contributed by atoms with Gasteiger partial charge in [-0.2, -0.15) is 0 Å². The van der Waals surface area contributed by atoms with Crippen molar-refractivity contribution >= 4 is 21.6 Å². The molecule has 0 aliphatic carbocycles. The van der Waals surface area contributed by atoms with Crippen molar-refractivity contribution in [3.05, 3.63) is 28.2 Å². The van der Waals surface area contributed by atoms with Crippen LogP contribution >= 0.6 is 15.9 Å². The summed E-state index contributed by atoms with van der Waals surface area (Å²) in [6, 6.07) is 6.25. The van der Waals surface area contributed by atoms with Crippen LogP contribution in [0.2, 0.25) is 0 Å². The Labute approximate surface area is 112 Å². The molecule has 94 valence electrons. The number of hydrogen-bond donors (Lipinski definition) is 1. The van der Waals surface area contributed by atoms with E-state index in [-0.39, 0.29) is 0 Å². The normalized spacial score (nSPS) is 19.4. The molecule has 0 radical (unpaired) electrons. The molecule has 1 atom stereocenters. The minimum atomic E-state index is -0.417. The molecule has 1 aromatic rings. The van der Waals surface area contributed by atoms with E-state index in [1.807, 2.05) is 6.07 Å². The minimum absolute atomic E-state index is 0.417. The number of piperidine rings is 1. The highest BCUT2D eigenvalue weighted by Crippen LogP contribution is 2.30. The summed E-state index contributed by atoms with van der Waals surface area (Å²) in [6.07, 6.45) is 2.13. The van der Waals surface area contributed by atoms with E-state index in [9.17, 15) is 5.11 Å². The van der Waals surface area contributed by atoms with Crippen LogP contribution in [0.25, 0.3) is 0 Å². The highest BCUT2D eigenvalue weighted by Gasteiger charge is 2.17. The fourth-order valence-corrected chi connectivity index (χ4v) is 3.02. The second kappa shape index (κ2) is 5.40. The fraction of sp³-hybridized carbons (Fsp3) is 0.571. The van der Waals surface area contributed by atoms with Gasteiger partial charge in [-0.05, 0) is 43.4 Å². The molecule has 0 amide bonds. The van der Waals surface area contributed by atoms with Crippen LogP contribution in [-0.4, -0.2) is 18.2 Å². The van der Waals surface area contributed by atoms with Gasteiger partial charge in [0.1, 0.15) is 0 Å². The zero-order valence-electron chi connectivity index (χ0n) is 10.5. The van der Waals surface area contributed by atoms with Crippen LogP contribution in [0.1, 0.15) is 38.4 Å². The molecule has 0 unspecified atom stereocenters. The van der Waals surface area contributed by atoms with Crippen LogP contribution in [0.4, 0.5) is 5.69 Å². The van der Waals surface area contributed by atoms with Crippen molar-refractivity contribution in [3.8, 4) is 0 Å². The molecule has 0 spiro atoms. The Bertz CT molecular complexity index is 384. The van der Waals surface area contributed by atoms with E-state index in [4.69, 9.17) is 0 Å². The number of hydrogen-bond acceptors (Lipinski definition) is 2. The highest BCUT2D eigenvalue weighted by molar-refractivity contribution is 9.10. The van der Waals surface area contributed by atoms with E-state index in [2.05, 4.69) is 39.9 Å². The average Bonchev–Trinajstić information content (AvgIpc) is 2.29. The van der Waals surface area contributed by atoms with E-state index >= 15 is 0 Å². The highest BCUT2D eigenvalue weighted by atomic mass is 79.9. The van der Waals surface area contributed by atoms with Crippen molar-refractivity contribution < 1.29 is 5.11 Å². The van der Waals surface area contributed by atoms with Gasteiger partial charge in [0, 0.05) is 23.2 Å².